The van der Waals surface area contributed by atoms with Gasteiger partial charge in [-0.2, -0.15) is 0 Å². The van der Waals surface area contributed by atoms with Gasteiger partial charge < -0.3 is 15.5 Å². The lowest BCUT2D eigenvalue weighted by Gasteiger charge is -2.33. The molecule has 0 aromatic heterocycles. The van der Waals surface area contributed by atoms with Gasteiger partial charge in [-0.05, 0) is 37.6 Å². The summed E-state index contributed by atoms with van der Waals surface area (Å²) in [7, 11) is 0. The number of anilines is 1. The molecule has 1 aliphatic rings. The van der Waals surface area contributed by atoms with Gasteiger partial charge in [0.05, 0.1) is 0 Å². The van der Waals surface area contributed by atoms with Crippen LogP contribution in [0.25, 0.3) is 0 Å². The van der Waals surface area contributed by atoms with E-state index in [1.54, 1.807) is 17.0 Å². The van der Waals surface area contributed by atoms with E-state index in [0.29, 0.717) is 18.3 Å². The largest absolute Gasteiger partial charge is 0.323 e. The van der Waals surface area contributed by atoms with Crippen LogP contribution >= 0.6 is 0 Å². The van der Waals surface area contributed by atoms with Crippen molar-refractivity contribution in [2.24, 2.45) is 0 Å². The molecule has 1 aliphatic heterocycles. The van der Waals surface area contributed by atoms with Gasteiger partial charge in [0.15, 0.2) is 0 Å². The summed E-state index contributed by atoms with van der Waals surface area (Å²) in [5, 5.41) is 6.09. The van der Waals surface area contributed by atoms with Gasteiger partial charge in [0.2, 0.25) is 0 Å². The van der Waals surface area contributed by atoms with E-state index in [9.17, 15) is 9.18 Å². The number of halogens is 1. The Kier molecular flexibility index (Phi) is 4.74. The topological polar surface area (TPSA) is 44.4 Å². The lowest BCUT2D eigenvalue weighted by atomic mass is 10.1. The standard InChI is InChI=1S/C14H20FN3O/c1-2-16-13-7-4-8-18(10-13)14(19)17-12-6-3-5-11(15)9-12/h3,5-6,9,13,16H,2,4,7-8,10H2,1H3,(H,17,19). The molecule has 2 rings (SSSR count). The van der Waals surface area contributed by atoms with Crippen LogP contribution in [0.2, 0.25) is 0 Å². The fraction of sp³-hybridized carbons (Fsp3) is 0.500. The Bertz CT molecular complexity index is 436. The minimum atomic E-state index is -0.345. The minimum Gasteiger partial charge on any atom is -0.323 e. The third-order valence-electron chi connectivity index (χ3n) is 3.28. The van der Waals surface area contributed by atoms with E-state index < -0.39 is 0 Å². The zero-order valence-corrected chi connectivity index (χ0v) is 11.2. The van der Waals surface area contributed by atoms with Crippen LogP contribution in [-0.4, -0.2) is 36.6 Å². The number of carbonyl (C=O) groups is 1. The molecule has 0 bridgehead atoms. The molecule has 0 radical (unpaired) electrons. The quantitative estimate of drug-likeness (QED) is 0.881. The summed E-state index contributed by atoms with van der Waals surface area (Å²) in [5.41, 5.74) is 0.496. The van der Waals surface area contributed by atoms with Crippen molar-refractivity contribution in [3.05, 3.63) is 30.1 Å². The third-order valence-corrected chi connectivity index (χ3v) is 3.28. The molecule has 104 valence electrons. The molecule has 0 aliphatic carbocycles. The molecule has 4 nitrogen and oxygen atoms in total. The van der Waals surface area contributed by atoms with Crippen LogP contribution in [0.4, 0.5) is 14.9 Å². The highest BCUT2D eigenvalue weighted by Crippen LogP contribution is 2.14. The van der Waals surface area contributed by atoms with Gasteiger partial charge in [-0.25, -0.2) is 9.18 Å². The molecular weight excluding hydrogens is 245 g/mol. The fourth-order valence-electron chi connectivity index (χ4n) is 2.39. The van der Waals surface area contributed by atoms with Crippen LogP contribution in [0.1, 0.15) is 19.8 Å². The second-order valence-corrected chi connectivity index (χ2v) is 4.78. The molecule has 2 N–H and O–H groups in total. The molecule has 0 saturated carbocycles. The number of nitrogens with zero attached hydrogens (tertiary/aromatic N) is 1. The summed E-state index contributed by atoms with van der Waals surface area (Å²) in [6.07, 6.45) is 2.09. The number of benzene rings is 1. The second kappa shape index (κ2) is 6.52. The monoisotopic (exact) mass is 265 g/mol. The van der Waals surface area contributed by atoms with Crippen molar-refractivity contribution in [3.8, 4) is 0 Å². The Hall–Kier alpha value is -1.62. The number of likely N-dealkylation sites (N-methyl/N-ethyl adjacent to an activating group) is 1. The Morgan fingerprint density at radius 3 is 3.11 bits per heavy atom. The molecule has 2 amide bonds. The van der Waals surface area contributed by atoms with Gasteiger partial charge in [-0.1, -0.05) is 13.0 Å². The van der Waals surface area contributed by atoms with E-state index in [1.807, 2.05) is 0 Å². The van der Waals surface area contributed by atoms with Gasteiger partial charge in [0, 0.05) is 24.8 Å². The summed E-state index contributed by atoms with van der Waals surface area (Å²) >= 11 is 0. The molecule has 5 heteroatoms. The molecule has 1 atom stereocenters. The van der Waals surface area contributed by atoms with E-state index in [2.05, 4.69) is 17.6 Å². The number of hydrogen-bond acceptors (Lipinski definition) is 2. The first-order chi connectivity index (χ1) is 9.19. The molecule has 1 fully saturated rings. The molecule has 1 saturated heterocycles. The molecular formula is C14H20FN3O. The number of urea groups is 1. The molecule has 1 aromatic carbocycles. The summed E-state index contributed by atoms with van der Waals surface area (Å²) in [6, 6.07) is 6.15. The predicted molar refractivity (Wildman–Crippen MR) is 73.7 cm³/mol. The Morgan fingerprint density at radius 1 is 1.53 bits per heavy atom. The van der Waals surface area contributed by atoms with Crippen molar-refractivity contribution in [2.75, 3.05) is 25.0 Å². The predicted octanol–water partition coefficient (Wildman–Crippen LogP) is 2.43. The number of amides is 2. The van der Waals surface area contributed by atoms with Crippen molar-refractivity contribution < 1.29 is 9.18 Å². The van der Waals surface area contributed by atoms with E-state index in [1.165, 1.54) is 12.1 Å². The third kappa shape index (κ3) is 3.92. The fourth-order valence-corrected chi connectivity index (χ4v) is 2.39. The molecule has 1 aromatic rings. The van der Waals surface area contributed by atoms with Crippen molar-refractivity contribution >= 4 is 11.7 Å². The average molecular weight is 265 g/mol. The Morgan fingerprint density at radius 2 is 2.37 bits per heavy atom. The van der Waals surface area contributed by atoms with Gasteiger partial charge in [-0.15, -0.1) is 0 Å². The average Bonchev–Trinajstić information content (AvgIpc) is 2.39. The summed E-state index contributed by atoms with van der Waals surface area (Å²) in [4.78, 5) is 13.9. The highest BCUT2D eigenvalue weighted by atomic mass is 19.1. The smallest absolute Gasteiger partial charge is 0.321 e. The maximum Gasteiger partial charge on any atom is 0.321 e. The minimum absolute atomic E-state index is 0.159. The van der Waals surface area contributed by atoms with Crippen molar-refractivity contribution in [1.29, 1.82) is 0 Å². The number of likely N-dealkylation sites (tertiary alicyclic amines) is 1. The second-order valence-electron chi connectivity index (χ2n) is 4.78. The summed E-state index contributed by atoms with van der Waals surface area (Å²) in [5.74, 6) is -0.345. The lowest BCUT2D eigenvalue weighted by Crippen LogP contribution is -2.49. The van der Waals surface area contributed by atoms with Crippen LogP contribution in [-0.2, 0) is 0 Å². The number of hydrogen-bond donors (Lipinski definition) is 2. The van der Waals surface area contributed by atoms with Gasteiger partial charge in [0.25, 0.3) is 0 Å². The number of rotatable bonds is 3. The summed E-state index contributed by atoms with van der Waals surface area (Å²) in [6.45, 7) is 4.42. The maximum atomic E-state index is 13.0. The van der Waals surface area contributed by atoms with Gasteiger partial charge >= 0.3 is 6.03 Å². The van der Waals surface area contributed by atoms with E-state index in [4.69, 9.17) is 0 Å². The zero-order chi connectivity index (χ0) is 13.7. The van der Waals surface area contributed by atoms with Crippen LogP contribution in [0.15, 0.2) is 24.3 Å². The zero-order valence-electron chi connectivity index (χ0n) is 11.2. The summed E-state index contributed by atoms with van der Waals surface area (Å²) < 4.78 is 13.0. The van der Waals surface area contributed by atoms with Crippen molar-refractivity contribution in [1.82, 2.24) is 10.2 Å². The highest BCUT2D eigenvalue weighted by Gasteiger charge is 2.22. The van der Waals surface area contributed by atoms with E-state index in [-0.39, 0.29) is 11.8 Å². The molecule has 19 heavy (non-hydrogen) atoms. The maximum absolute atomic E-state index is 13.0. The normalized spacial score (nSPS) is 19.3. The molecule has 1 heterocycles. The SMILES string of the molecule is CCNC1CCCN(C(=O)Nc2cccc(F)c2)C1. The molecule has 1 unspecified atom stereocenters. The van der Waals surface area contributed by atoms with Crippen LogP contribution < -0.4 is 10.6 Å². The lowest BCUT2D eigenvalue weighted by molar-refractivity contribution is 0.186. The van der Waals surface area contributed by atoms with E-state index in [0.717, 1.165) is 25.9 Å². The Labute approximate surface area is 113 Å². The van der Waals surface area contributed by atoms with Crippen molar-refractivity contribution in [2.45, 2.75) is 25.8 Å². The highest BCUT2D eigenvalue weighted by molar-refractivity contribution is 5.89. The first-order valence-corrected chi connectivity index (χ1v) is 6.74. The number of nitrogens with one attached hydrogen (secondary N) is 2. The van der Waals surface area contributed by atoms with Gasteiger partial charge in [-0.3, -0.25) is 0 Å². The Balaban J connectivity index is 1.92. The number of carbonyl (C=O) groups excluding carboxylic acids is 1. The van der Waals surface area contributed by atoms with E-state index >= 15 is 0 Å². The van der Waals surface area contributed by atoms with Crippen LogP contribution in [0.3, 0.4) is 0 Å². The first-order valence-electron chi connectivity index (χ1n) is 6.74. The van der Waals surface area contributed by atoms with Crippen LogP contribution in [0, 0.1) is 5.82 Å². The number of piperidine rings is 1. The first kappa shape index (κ1) is 13.8. The molecule has 0 spiro atoms. The van der Waals surface area contributed by atoms with Crippen molar-refractivity contribution in [3.63, 3.8) is 0 Å². The van der Waals surface area contributed by atoms with Gasteiger partial charge in [0.1, 0.15) is 5.82 Å². The van der Waals surface area contributed by atoms with Crippen LogP contribution in [0.5, 0.6) is 0 Å².